The standard InChI is InChI=1S/C30H26N2O6S/c1-22-15-17-25(18-16-22)39(34,35)38-27-14-8-7-13-26(27)32(30(33)23-10-5-4-6-11-23)19-9-12-24-21-31-29(37-3)20-28(24)36-2/h4-8,10-11,13-18,20-21H,19H2,1-3H3. The fourth-order valence-electron chi connectivity index (χ4n) is 3.63. The van der Waals surface area contributed by atoms with E-state index >= 15 is 0 Å². The molecule has 3 aromatic carbocycles. The predicted molar refractivity (Wildman–Crippen MR) is 148 cm³/mol. The Balaban J connectivity index is 1.72. The van der Waals surface area contributed by atoms with E-state index in [-0.39, 0.29) is 28.8 Å². The molecule has 0 saturated carbocycles. The summed E-state index contributed by atoms with van der Waals surface area (Å²) in [5.74, 6) is 6.40. The molecule has 1 amide bonds. The van der Waals surface area contributed by atoms with E-state index in [1.54, 1.807) is 66.7 Å². The van der Waals surface area contributed by atoms with Crippen LogP contribution in [-0.4, -0.2) is 40.1 Å². The first-order chi connectivity index (χ1) is 18.8. The summed E-state index contributed by atoms with van der Waals surface area (Å²) < 4.78 is 42.2. The summed E-state index contributed by atoms with van der Waals surface area (Å²) in [6.07, 6.45) is 1.51. The molecule has 0 fully saturated rings. The van der Waals surface area contributed by atoms with Crippen molar-refractivity contribution in [2.45, 2.75) is 11.8 Å². The van der Waals surface area contributed by atoms with E-state index in [9.17, 15) is 13.2 Å². The second-order valence-corrected chi connectivity index (χ2v) is 9.85. The number of carbonyl (C=O) groups excluding carboxylic acids is 1. The van der Waals surface area contributed by atoms with Gasteiger partial charge in [-0.05, 0) is 43.3 Å². The number of aromatic nitrogens is 1. The first-order valence-corrected chi connectivity index (χ1v) is 13.3. The molecule has 0 unspecified atom stereocenters. The van der Waals surface area contributed by atoms with E-state index in [0.29, 0.717) is 22.8 Å². The quantitative estimate of drug-likeness (QED) is 0.232. The van der Waals surface area contributed by atoms with Crippen LogP contribution in [0.15, 0.2) is 96.0 Å². The molecule has 0 aliphatic rings. The monoisotopic (exact) mass is 542 g/mol. The molecule has 198 valence electrons. The highest BCUT2D eigenvalue weighted by atomic mass is 32.2. The Morgan fingerprint density at radius 2 is 1.59 bits per heavy atom. The summed E-state index contributed by atoms with van der Waals surface area (Å²) in [5.41, 5.74) is 2.06. The molecule has 0 radical (unpaired) electrons. The molecule has 0 bridgehead atoms. The van der Waals surface area contributed by atoms with Gasteiger partial charge < -0.3 is 13.7 Å². The van der Waals surface area contributed by atoms with Crippen LogP contribution in [-0.2, 0) is 10.1 Å². The van der Waals surface area contributed by atoms with Crippen LogP contribution in [0.1, 0.15) is 21.5 Å². The van der Waals surface area contributed by atoms with Gasteiger partial charge >= 0.3 is 10.1 Å². The molecule has 0 aliphatic heterocycles. The van der Waals surface area contributed by atoms with E-state index in [4.69, 9.17) is 13.7 Å². The zero-order chi connectivity index (χ0) is 27.8. The van der Waals surface area contributed by atoms with E-state index in [0.717, 1.165) is 5.56 Å². The van der Waals surface area contributed by atoms with Crippen LogP contribution in [0.4, 0.5) is 5.69 Å². The summed E-state index contributed by atoms with van der Waals surface area (Å²) in [6.45, 7) is 1.78. The van der Waals surface area contributed by atoms with Crippen molar-refractivity contribution in [3.05, 3.63) is 108 Å². The highest BCUT2D eigenvalue weighted by Gasteiger charge is 2.24. The lowest BCUT2D eigenvalue weighted by Gasteiger charge is -2.23. The Kier molecular flexibility index (Phi) is 8.49. The molecule has 4 rings (SSSR count). The fraction of sp³-hybridized carbons (Fsp3) is 0.133. The van der Waals surface area contributed by atoms with Gasteiger partial charge in [0.05, 0.1) is 38.2 Å². The molecular formula is C30H26N2O6S. The van der Waals surface area contributed by atoms with Crippen molar-refractivity contribution in [2.24, 2.45) is 0 Å². The molecule has 8 nitrogen and oxygen atoms in total. The van der Waals surface area contributed by atoms with Crippen molar-refractivity contribution in [3.8, 4) is 29.2 Å². The van der Waals surface area contributed by atoms with Gasteiger partial charge in [0.25, 0.3) is 5.91 Å². The third-order valence-electron chi connectivity index (χ3n) is 5.66. The van der Waals surface area contributed by atoms with Gasteiger partial charge in [-0.25, -0.2) is 4.98 Å². The summed E-state index contributed by atoms with van der Waals surface area (Å²) in [4.78, 5) is 19.1. The number of nitrogens with zero attached hydrogens (tertiary/aromatic N) is 2. The second-order valence-electron chi connectivity index (χ2n) is 8.30. The van der Waals surface area contributed by atoms with E-state index in [1.807, 2.05) is 6.92 Å². The average Bonchev–Trinajstić information content (AvgIpc) is 2.96. The number of carbonyl (C=O) groups is 1. The summed E-state index contributed by atoms with van der Waals surface area (Å²) in [6, 6.07) is 23.0. The van der Waals surface area contributed by atoms with E-state index < -0.39 is 10.1 Å². The Morgan fingerprint density at radius 1 is 0.897 bits per heavy atom. The zero-order valence-electron chi connectivity index (χ0n) is 21.6. The minimum atomic E-state index is -4.17. The minimum absolute atomic E-state index is 0.00253. The number of benzene rings is 3. The zero-order valence-corrected chi connectivity index (χ0v) is 22.4. The van der Waals surface area contributed by atoms with Gasteiger partial charge in [-0.2, -0.15) is 8.42 Å². The molecule has 0 aliphatic carbocycles. The normalized spacial score (nSPS) is 10.6. The molecule has 0 saturated heterocycles. The number of hydrogen-bond donors (Lipinski definition) is 0. The number of hydrogen-bond acceptors (Lipinski definition) is 7. The van der Waals surface area contributed by atoms with Crippen LogP contribution in [0.2, 0.25) is 0 Å². The molecule has 0 N–H and O–H groups in total. The fourth-order valence-corrected chi connectivity index (χ4v) is 4.57. The van der Waals surface area contributed by atoms with E-state index in [2.05, 4.69) is 16.8 Å². The Morgan fingerprint density at radius 3 is 2.28 bits per heavy atom. The number of methoxy groups -OCH3 is 2. The lowest BCUT2D eigenvalue weighted by atomic mass is 10.1. The van der Waals surface area contributed by atoms with Crippen LogP contribution in [0.3, 0.4) is 0 Å². The molecule has 4 aromatic rings. The second kappa shape index (κ2) is 12.2. The summed E-state index contributed by atoms with van der Waals surface area (Å²) in [5, 5.41) is 0. The van der Waals surface area contributed by atoms with Crippen molar-refractivity contribution < 1.29 is 26.9 Å². The lowest BCUT2D eigenvalue weighted by molar-refractivity contribution is 0.0989. The van der Waals surface area contributed by atoms with Crippen molar-refractivity contribution in [1.29, 1.82) is 0 Å². The van der Waals surface area contributed by atoms with Gasteiger partial charge in [0.1, 0.15) is 10.6 Å². The minimum Gasteiger partial charge on any atom is -0.495 e. The van der Waals surface area contributed by atoms with Gasteiger partial charge in [-0.1, -0.05) is 59.9 Å². The highest BCUT2D eigenvalue weighted by Crippen LogP contribution is 2.32. The molecule has 0 spiro atoms. The van der Waals surface area contributed by atoms with Gasteiger partial charge in [0.2, 0.25) is 5.88 Å². The maximum Gasteiger partial charge on any atom is 0.339 e. The predicted octanol–water partition coefficient (Wildman–Crippen LogP) is 4.87. The maximum absolute atomic E-state index is 13.6. The van der Waals surface area contributed by atoms with Gasteiger partial charge in [0, 0.05) is 11.6 Å². The SMILES string of the molecule is COc1cc(OC)c(C#CCN(C(=O)c2ccccc2)c2ccccc2OS(=O)(=O)c2ccc(C)cc2)cn1. The van der Waals surface area contributed by atoms with Gasteiger partial charge in [-0.3, -0.25) is 9.69 Å². The molecule has 0 atom stereocenters. The largest absolute Gasteiger partial charge is 0.495 e. The molecule has 1 heterocycles. The number of anilines is 1. The molecule has 39 heavy (non-hydrogen) atoms. The third-order valence-corrected chi connectivity index (χ3v) is 6.91. The number of aryl methyl sites for hydroxylation is 1. The van der Waals surface area contributed by atoms with Crippen LogP contribution in [0, 0.1) is 18.8 Å². The average molecular weight is 543 g/mol. The number of pyridine rings is 1. The first kappa shape index (κ1) is 27.2. The van der Waals surface area contributed by atoms with E-state index in [1.165, 1.54) is 43.5 Å². The molecule has 9 heteroatoms. The molecular weight excluding hydrogens is 516 g/mol. The molecule has 1 aromatic heterocycles. The van der Waals surface area contributed by atoms with Gasteiger partial charge in [-0.15, -0.1) is 0 Å². The van der Waals surface area contributed by atoms with Gasteiger partial charge in [0.15, 0.2) is 5.75 Å². The van der Waals surface area contributed by atoms with Crippen molar-refractivity contribution in [1.82, 2.24) is 4.98 Å². The highest BCUT2D eigenvalue weighted by molar-refractivity contribution is 7.87. The first-order valence-electron chi connectivity index (χ1n) is 11.9. The Labute approximate surface area is 227 Å². The summed E-state index contributed by atoms with van der Waals surface area (Å²) >= 11 is 0. The number of para-hydroxylation sites is 2. The van der Waals surface area contributed by atoms with Crippen LogP contribution in [0.25, 0.3) is 0 Å². The maximum atomic E-state index is 13.6. The lowest BCUT2D eigenvalue weighted by Crippen LogP contribution is -2.32. The smallest absolute Gasteiger partial charge is 0.339 e. The number of amides is 1. The summed E-state index contributed by atoms with van der Waals surface area (Å²) in [7, 11) is -1.16. The van der Waals surface area contributed by atoms with Crippen molar-refractivity contribution in [2.75, 3.05) is 25.7 Å². The Hall–Kier alpha value is -4.81. The Bertz CT molecular complexity index is 1630. The van der Waals surface area contributed by atoms with Crippen molar-refractivity contribution >= 4 is 21.7 Å². The number of rotatable bonds is 8. The van der Waals surface area contributed by atoms with Crippen LogP contribution in [0.5, 0.6) is 17.4 Å². The number of ether oxygens (including phenoxy) is 2. The third kappa shape index (κ3) is 6.55. The topological polar surface area (TPSA) is 95.0 Å². The van der Waals surface area contributed by atoms with Crippen LogP contribution >= 0.6 is 0 Å². The van der Waals surface area contributed by atoms with Crippen LogP contribution < -0.4 is 18.6 Å². The van der Waals surface area contributed by atoms with Crippen molar-refractivity contribution in [3.63, 3.8) is 0 Å².